The van der Waals surface area contributed by atoms with E-state index in [0.717, 1.165) is 13.0 Å². The van der Waals surface area contributed by atoms with E-state index in [1.54, 1.807) is 0 Å². The smallest absolute Gasteiger partial charge is 0.322 e. The number of hydrogen-bond donors (Lipinski definition) is 1. The minimum atomic E-state index is 0.128. The van der Waals surface area contributed by atoms with Crippen LogP contribution in [0.5, 0.6) is 6.01 Å². The molecule has 1 N–H and O–H groups in total. The predicted molar refractivity (Wildman–Crippen MR) is 64.0 cm³/mol. The molecule has 0 spiro atoms. The van der Waals surface area contributed by atoms with E-state index >= 15 is 0 Å². The standard InChI is InChI=1S/C10H17ClN4O/c1-5-10(2,3)6-12-8-13-7(11)14-9(15-8)16-4/h5-6H2,1-4H3,(H,12,13,14,15). The summed E-state index contributed by atoms with van der Waals surface area (Å²) >= 11 is 5.73. The molecule has 0 atom stereocenters. The van der Waals surface area contributed by atoms with E-state index in [2.05, 4.69) is 41.0 Å². The van der Waals surface area contributed by atoms with Crippen LogP contribution in [0.2, 0.25) is 5.28 Å². The highest BCUT2D eigenvalue weighted by molar-refractivity contribution is 6.28. The Kier molecular flexibility index (Phi) is 4.29. The highest BCUT2D eigenvalue weighted by Crippen LogP contribution is 2.20. The first-order valence-electron chi connectivity index (χ1n) is 5.16. The van der Waals surface area contributed by atoms with Gasteiger partial charge in [-0.15, -0.1) is 0 Å². The van der Waals surface area contributed by atoms with Crippen LogP contribution in [0.15, 0.2) is 0 Å². The number of anilines is 1. The number of rotatable bonds is 5. The molecule has 16 heavy (non-hydrogen) atoms. The Balaban J connectivity index is 2.70. The molecule has 1 aromatic rings. The zero-order valence-corrected chi connectivity index (χ0v) is 10.8. The Morgan fingerprint density at radius 1 is 1.31 bits per heavy atom. The quantitative estimate of drug-likeness (QED) is 0.862. The summed E-state index contributed by atoms with van der Waals surface area (Å²) < 4.78 is 4.91. The van der Waals surface area contributed by atoms with Crippen molar-refractivity contribution >= 4 is 17.5 Å². The molecule has 1 heterocycles. The number of methoxy groups -OCH3 is 1. The Bertz CT molecular complexity index is 357. The third kappa shape index (κ3) is 3.81. The molecule has 0 saturated heterocycles. The van der Waals surface area contributed by atoms with Gasteiger partial charge in [-0.1, -0.05) is 20.8 Å². The number of hydrogen-bond acceptors (Lipinski definition) is 5. The number of nitrogens with one attached hydrogen (secondary N) is 1. The van der Waals surface area contributed by atoms with Crippen LogP contribution in [-0.4, -0.2) is 28.6 Å². The summed E-state index contributed by atoms with van der Waals surface area (Å²) in [5.41, 5.74) is 0.187. The molecule has 5 nitrogen and oxygen atoms in total. The lowest BCUT2D eigenvalue weighted by Crippen LogP contribution is -2.23. The summed E-state index contributed by atoms with van der Waals surface area (Å²) in [5, 5.41) is 3.25. The van der Waals surface area contributed by atoms with Crippen LogP contribution in [0.4, 0.5) is 5.95 Å². The van der Waals surface area contributed by atoms with Gasteiger partial charge in [-0.2, -0.15) is 15.0 Å². The molecule has 0 aliphatic heterocycles. The van der Waals surface area contributed by atoms with Gasteiger partial charge in [0.1, 0.15) is 0 Å². The topological polar surface area (TPSA) is 59.9 Å². The van der Waals surface area contributed by atoms with E-state index in [9.17, 15) is 0 Å². The molecular formula is C10H17ClN4O. The molecule has 90 valence electrons. The van der Waals surface area contributed by atoms with Gasteiger partial charge >= 0.3 is 6.01 Å². The zero-order valence-electron chi connectivity index (χ0n) is 10.0. The van der Waals surface area contributed by atoms with Crippen molar-refractivity contribution in [2.24, 2.45) is 5.41 Å². The predicted octanol–water partition coefficient (Wildman–Crippen LogP) is 2.38. The number of halogens is 1. The number of nitrogens with zero attached hydrogens (tertiary/aromatic N) is 3. The summed E-state index contributed by atoms with van der Waals surface area (Å²) in [5.74, 6) is 0.443. The highest BCUT2D eigenvalue weighted by atomic mass is 35.5. The Hall–Kier alpha value is -1.10. The van der Waals surface area contributed by atoms with E-state index < -0.39 is 0 Å². The SMILES string of the molecule is CCC(C)(C)CNc1nc(Cl)nc(OC)n1. The lowest BCUT2D eigenvalue weighted by atomic mass is 9.90. The van der Waals surface area contributed by atoms with E-state index in [4.69, 9.17) is 16.3 Å². The summed E-state index contributed by atoms with van der Waals surface area (Å²) in [6.07, 6.45) is 1.07. The Morgan fingerprint density at radius 3 is 2.56 bits per heavy atom. The van der Waals surface area contributed by atoms with Crippen LogP contribution in [0.3, 0.4) is 0 Å². The van der Waals surface area contributed by atoms with Gasteiger partial charge in [0.05, 0.1) is 7.11 Å². The fourth-order valence-electron chi connectivity index (χ4n) is 0.946. The third-order valence-corrected chi connectivity index (χ3v) is 2.62. The van der Waals surface area contributed by atoms with Gasteiger partial charge in [-0.25, -0.2) is 0 Å². The first-order chi connectivity index (χ1) is 7.46. The zero-order chi connectivity index (χ0) is 12.2. The summed E-state index contributed by atoms with van der Waals surface area (Å²) in [6.45, 7) is 7.25. The fraction of sp³-hybridized carbons (Fsp3) is 0.700. The molecule has 0 amide bonds. The first-order valence-corrected chi connectivity index (χ1v) is 5.54. The molecule has 1 rings (SSSR count). The summed E-state index contributed by atoms with van der Waals surface area (Å²) in [4.78, 5) is 11.8. The van der Waals surface area contributed by atoms with Gasteiger partial charge in [0.15, 0.2) is 0 Å². The fourth-order valence-corrected chi connectivity index (χ4v) is 1.10. The van der Waals surface area contributed by atoms with Crippen LogP contribution in [0.1, 0.15) is 27.2 Å². The molecule has 0 saturated carbocycles. The van der Waals surface area contributed by atoms with Gasteiger partial charge in [0.2, 0.25) is 11.2 Å². The Morgan fingerprint density at radius 2 is 2.00 bits per heavy atom. The molecule has 0 aliphatic carbocycles. The van der Waals surface area contributed by atoms with Crippen LogP contribution in [0, 0.1) is 5.41 Å². The molecule has 1 aromatic heterocycles. The van der Waals surface area contributed by atoms with Gasteiger partial charge in [-0.05, 0) is 23.4 Å². The van der Waals surface area contributed by atoms with Crippen LogP contribution in [0.25, 0.3) is 0 Å². The van der Waals surface area contributed by atoms with Crippen molar-refractivity contribution in [2.75, 3.05) is 19.0 Å². The van der Waals surface area contributed by atoms with Crippen LogP contribution >= 0.6 is 11.6 Å². The van der Waals surface area contributed by atoms with E-state index in [0.29, 0.717) is 5.95 Å². The monoisotopic (exact) mass is 244 g/mol. The van der Waals surface area contributed by atoms with Crippen molar-refractivity contribution in [1.29, 1.82) is 0 Å². The lowest BCUT2D eigenvalue weighted by molar-refractivity contribution is 0.370. The van der Waals surface area contributed by atoms with Crippen molar-refractivity contribution in [3.8, 4) is 6.01 Å². The van der Waals surface area contributed by atoms with Crippen LogP contribution in [-0.2, 0) is 0 Å². The summed E-state index contributed by atoms with van der Waals surface area (Å²) in [7, 11) is 1.49. The molecule has 0 unspecified atom stereocenters. The molecule has 0 fully saturated rings. The van der Waals surface area contributed by atoms with Crippen molar-refractivity contribution < 1.29 is 4.74 Å². The summed E-state index contributed by atoms with van der Waals surface area (Å²) in [6, 6.07) is 0.219. The van der Waals surface area contributed by atoms with Crippen molar-refractivity contribution in [2.45, 2.75) is 27.2 Å². The normalized spacial score (nSPS) is 11.3. The third-order valence-electron chi connectivity index (χ3n) is 2.45. The molecular weight excluding hydrogens is 228 g/mol. The van der Waals surface area contributed by atoms with E-state index in [-0.39, 0.29) is 16.7 Å². The molecule has 0 bridgehead atoms. The Labute approximate surface area is 101 Å². The van der Waals surface area contributed by atoms with Crippen molar-refractivity contribution in [1.82, 2.24) is 15.0 Å². The lowest BCUT2D eigenvalue weighted by Gasteiger charge is -2.22. The minimum absolute atomic E-state index is 0.128. The maximum Gasteiger partial charge on any atom is 0.322 e. The molecule has 0 radical (unpaired) electrons. The van der Waals surface area contributed by atoms with E-state index in [1.807, 2.05) is 0 Å². The van der Waals surface area contributed by atoms with Crippen LogP contribution < -0.4 is 10.1 Å². The maximum absolute atomic E-state index is 5.73. The van der Waals surface area contributed by atoms with Gasteiger partial charge in [-0.3, -0.25) is 0 Å². The van der Waals surface area contributed by atoms with Gasteiger partial charge in [0.25, 0.3) is 0 Å². The van der Waals surface area contributed by atoms with Gasteiger partial charge in [0, 0.05) is 6.54 Å². The molecule has 0 aromatic carbocycles. The minimum Gasteiger partial charge on any atom is -0.467 e. The molecule has 6 heteroatoms. The maximum atomic E-state index is 5.73. The van der Waals surface area contributed by atoms with Gasteiger partial charge < -0.3 is 10.1 Å². The number of aromatic nitrogens is 3. The average Bonchev–Trinajstić information content (AvgIpc) is 2.26. The molecule has 0 aliphatic rings. The largest absolute Gasteiger partial charge is 0.467 e. The number of ether oxygens (including phenoxy) is 1. The highest BCUT2D eigenvalue weighted by Gasteiger charge is 2.15. The van der Waals surface area contributed by atoms with Crippen molar-refractivity contribution in [3.63, 3.8) is 0 Å². The average molecular weight is 245 g/mol. The van der Waals surface area contributed by atoms with Crippen molar-refractivity contribution in [3.05, 3.63) is 5.28 Å². The van der Waals surface area contributed by atoms with E-state index in [1.165, 1.54) is 7.11 Å². The first kappa shape index (κ1) is 13.0. The second-order valence-electron chi connectivity index (χ2n) is 4.29. The second kappa shape index (κ2) is 5.30. The second-order valence-corrected chi connectivity index (χ2v) is 4.62.